The summed E-state index contributed by atoms with van der Waals surface area (Å²) >= 11 is 0. The zero-order valence-corrected chi connectivity index (χ0v) is 12.2. The van der Waals surface area contributed by atoms with Gasteiger partial charge in [-0.3, -0.25) is 14.5 Å². The molecule has 0 spiro atoms. The molecule has 1 aliphatic rings. The highest BCUT2D eigenvalue weighted by molar-refractivity contribution is 6.05. The van der Waals surface area contributed by atoms with Gasteiger partial charge in [0.1, 0.15) is 5.82 Å². The molecule has 1 fully saturated rings. The monoisotopic (exact) mass is 310 g/mol. The van der Waals surface area contributed by atoms with Crippen LogP contribution in [0.25, 0.3) is 0 Å². The summed E-state index contributed by atoms with van der Waals surface area (Å²) in [6.07, 6.45) is 1.58. The van der Waals surface area contributed by atoms with E-state index in [1.54, 1.807) is 48.7 Å². The molecule has 7 nitrogen and oxygen atoms in total. The van der Waals surface area contributed by atoms with Crippen molar-refractivity contribution in [3.8, 4) is 0 Å². The van der Waals surface area contributed by atoms with E-state index in [1.165, 1.54) is 0 Å². The van der Waals surface area contributed by atoms with E-state index in [0.717, 1.165) is 4.90 Å². The van der Waals surface area contributed by atoms with E-state index >= 15 is 0 Å². The molecule has 0 aliphatic carbocycles. The molecule has 2 N–H and O–H groups in total. The minimum Gasteiger partial charge on any atom is -0.329 e. The SMILES string of the molecule is O=C(Nc1ccccn1)c1ccccc1CN1C(=O)CNC1=O. The standard InChI is InChI=1S/C16H14N4O3/c21-14-9-18-16(23)20(14)10-11-5-1-2-6-12(11)15(22)19-13-7-3-4-8-17-13/h1-8H,9-10H2,(H,18,23)(H,17,19,22). The molecule has 1 aromatic heterocycles. The highest BCUT2D eigenvalue weighted by Crippen LogP contribution is 2.15. The molecule has 4 amide bonds. The topological polar surface area (TPSA) is 91.4 Å². The summed E-state index contributed by atoms with van der Waals surface area (Å²) in [5, 5.41) is 5.15. The second-order valence-corrected chi connectivity index (χ2v) is 4.96. The van der Waals surface area contributed by atoms with Gasteiger partial charge in [0.05, 0.1) is 13.1 Å². The lowest BCUT2D eigenvalue weighted by Crippen LogP contribution is -2.31. The molecule has 1 aliphatic heterocycles. The van der Waals surface area contributed by atoms with Crippen LogP contribution >= 0.6 is 0 Å². The maximum Gasteiger partial charge on any atom is 0.324 e. The average molecular weight is 310 g/mol. The van der Waals surface area contributed by atoms with Crippen LogP contribution in [0.5, 0.6) is 0 Å². The maximum absolute atomic E-state index is 12.4. The van der Waals surface area contributed by atoms with Crippen LogP contribution in [0.2, 0.25) is 0 Å². The summed E-state index contributed by atoms with van der Waals surface area (Å²) in [5.74, 6) is -0.219. The molecular formula is C16H14N4O3. The summed E-state index contributed by atoms with van der Waals surface area (Å²) in [7, 11) is 0. The van der Waals surface area contributed by atoms with Crippen molar-refractivity contribution >= 4 is 23.7 Å². The molecule has 1 aromatic carbocycles. The van der Waals surface area contributed by atoms with Crippen molar-refractivity contribution in [3.05, 3.63) is 59.8 Å². The number of amides is 4. The molecule has 23 heavy (non-hydrogen) atoms. The fraction of sp³-hybridized carbons (Fsp3) is 0.125. The zero-order chi connectivity index (χ0) is 16.2. The number of nitrogens with one attached hydrogen (secondary N) is 2. The minimum absolute atomic E-state index is 0.0128. The highest BCUT2D eigenvalue weighted by atomic mass is 16.2. The fourth-order valence-corrected chi connectivity index (χ4v) is 2.29. The predicted molar refractivity (Wildman–Crippen MR) is 82.6 cm³/mol. The van der Waals surface area contributed by atoms with Gasteiger partial charge >= 0.3 is 6.03 Å². The van der Waals surface area contributed by atoms with Gasteiger partial charge in [0.25, 0.3) is 5.91 Å². The molecule has 0 atom stereocenters. The molecule has 2 aromatic rings. The quantitative estimate of drug-likeness (QED) is 0.835. The van der Waals surface area contributed by atoms with Crippen LogP contribution in [0.15, 0.2) is 48.7 Å². The third-order valence-electron chi connectivity index (χ3n) is 3.43. The molecule has 0 bridgehead atoms. The summed E-state index contributed by atoms with van der Waals surface area (Å²) in [6.45, 7) is 0.0393. The van der Waals surface area contributed by atoms with Crippen molar-refractivity contribution in [1.82, 2.24) is 15.2 Å². The Bertz CT molecular complexity index is 745. The van der Waals surface area contributed by atoms with Crippen LogP contribution in [-0.4, -0.2) is 34.3 Å². The fourth-order valence-electron chi connectivity index (χ4n) is 2.29. The Kier molecular flexibility index (Phi) is 4.01. The second kappa shape index (κ2) is 6.27. The molecule has 1 saturated heterocycles. The first-order valence-corrected chi connectivity index (χ1v) is 7.03. The van der Waals surface area contributed by atoms with Gasteiger partial charge in [-0.25, -0.2) is 9.78 Å². The van der Waals surface area contributed by atoms with Crippen molar-refractivity contribution in [2.45, 2.75) is 6.54 Å². The molecule has 7 heteroatoms. The third kappa shape index (κ3) is 3.18. The van der Waals surface area contributed by atoms with Crippen LogP contribution < -0.4 is 10.6 Å². The number of carbonyl (C=O) groups excluding carboxylic acids is 3. The van der Waals surface area contributed by atoms with Crippen molar-refractivity contribution in [1.29, 1.82) is 0 Å². The van der Waals surface area contributed by atoms with Gasteiger partial charge in [-0.1, -0.05) is 24.3 Å². The number of anilines is 1. The first-order chi connectivity index (χ1) is 11.1. The lowest BCUT2D eigenvalue weighted by Gasteiger charge is -2.15. The van der Waals surface area contributed by atoms with Crippen LogP contribution in [-0.2, 0) is 11.3 Å². The molecule has 0 radical (unpaired) electrons. The van der Waals surface area contributed by atoms with E-state index in [2.05, 4.69) is 15.6 Å². The van der Waals surface area contributed by atoms with Crippen LogP contribution in [0.1, 0.15) is 15.9 Å². The third-order valence-corrected chi connectivity index (χ3v) is 3.43. The van der Waals surface area contributed by atoms with Crippen LogP contribution in [0.4, 0.5) is 10.6 Å². The van der Waals surface area contributed by atoms with Crippen LogP contribution in [0, 0.1) is 0 Å². The number of imide groups is 1. The van der Waals surface area contributed by atoms with E-state index in [1.807, 2.05) is 0 Å². The highest BCUT2D eigenvalue weighted by Gasteiger charge is 2.29. The first kappa shape index (κ1) is 14.7. The van der Waals surface area contributed by atoms with Gasteiger partial charge in [-0.15, -0.1) is 0 Å². The number of nitrogens with zero attached hydrogens (tertiary/aromatic N) is 2. The maximum atomic E-state index is 12.4. The van der Waals surface area contributed by atoms with Gasteiger partial charge < -0.3 is 10.6 Å². The largest absolute Gasteiger partial charge is 0.329 e. The van der Waals surface area contributed by atoms with E-state index in [0.29, 0.717) is 16.9 Å². The Morgan fingerprint density at radius 3 is 2.65 bits per heavy atom. The average Bonchev–Trinajstić information content (AvgIpc) is 2.88. The zero-order valence-electron chi connectivity index (χ0n) is 12.2. The number of urea groups is 1. The Labute approximate surface area is 132 Å². The summed E-state index contributed by atoms with van der Waals surface area (Å²) in [4.78, 5) is 40.9. The van der Waals surface area contributed by atoms with E-state index in [9.17, 15) is 14.4 Å². The van der Waals surface area contributed by atoms with Crippen molar-refractivity contribution in [3.63, 3.8) is 0 Å². The van der Waals surface area contributed by atoms with Crippen LogP contribution in [0.3, 0.4) is 0 Å². The summed E-state index contributed by atoms with van der Waals surface area (Å²) in [5.41, 5.74) is 0.983. The van der Waals surface area contributed by atoms with Gasteiger partial charge in [-0.2, -0.15) is 0 Å². The lowest BCUT2D eigenvalue weighted by molar-refractivity contribution is -0.125. The van der Waals surface area contributed by atoms with Gasteiger partial charge in [0.2, 0.25) is 5.91 Å². The number of benzene rings is 1. The van der Waals surface area contributed by atoms with E-state index in [4.69, 9.17) is 0 Å². The molecule has 116 valence electrons. The number of hydrogen-bond acceptors (Lipinski definition) is 4. The summed E-state index contributed by atoms with van der Waals surface area (Å²) in [6, 6.07) is 11.6. The molecular weight excluding hydrogens is 296 g/mol. The van der Waals surface area contributed by atoms with Crippen molar-refractivity contribution in [2.75, 3.05) is 11.9 Å². The van der Waals surface area contributed by atoms with Gasteiger partial charge in [0.15, 0.2) is 0 Å². The Balaban J connectivity index is 1.81. The first-order valence-electron chi connectivity index (χ1n) is 7.03. The number of carbonyl (C=O) groups is 3. The normalized spacial score (nSPS) is 13.8. The number of hydrogen-bond donors (Lipinski definition) is 2. The Morgan fingerprint density at radius 1 is 1.17 bits per heavy atom. The number of aromatic nitrogens is 1. The Morgan fingerprint density at radius 2 is 1.96 bits per heavy atom. The lowest BCUT2D eigenvalue weighted by atomic mass is 10.1. The molecule has 0 saturated carbocycles. The predicted octanol–water partition coefficient (Wildman–Crippen LogP) is 1.39. The van der Waals surface area contributed by atoms with Crippen molar-refractivity contribution in [2.24, 2.45) is 0 Å². The smallest absolute Gasteiger partial charge is 0.324 e. The Hall–Kier alpha value is -3.22. The minimum atomic E-state index is -0.449. The van der Waals surface area contributed by atoms with Gasteiger partial charge in [-0.05, 0) is 23.8 Å². The molecule has 2 heterocycles. The van der Waals surface area contributed by atoms with Gasteiger partial charge in [0, 0.05) is 11.8 Å². The van der Waals surface area contributed by atoms with E-state index in [-0.39, 0.29) is 24.9 Å². The second-order valence-electron chi connectivity index (χ2n) is 4.96. The molecule has 0 unspecified atom stereocenters. The van der Waals surface area contributed by atoms with E-state index < -0.39 is 6.03 Å². The number of rotatable bonds is 4. The number of pyridine rings is 1. The molecule has 3 rings (SSSR count). The summed E-state index contributed by atoms with van der Waals surface area (Å²) < 4.78 is 0. The van der Waals surface area contributed by atoms with Crippen molar-refractivity contribution < 1.29 is 14.4 Å².